The van der Waals surface area contributed by atoms with Gasteiger partial charge in [-0.2, -0.15) is 0 Å². The average Bonchev–Trinajstić information content (AvgIpc) is 3.11. The molecule has 2 aromatic heterocycles. The van der Waals surface area contributed by atoms with Gasteiger partial charge >= 0.3 is 5.69 Å². The normalized spacial score (nSPS) is 12.1. The van der Waals surface area contributed by atoms with Gasteiger partial charge in [0.2, 0.25) is 5.75 Å². The maximum absolute atomic E-state index is 12.8. The van der Waals surface area contributed by atoms with Gasteiger partial charge in [0, 0.05) is 11.6 Å². The quantitative estimate of drug-likeness (QED) is 0.417. The zero-order valence-electron chi connectivity index (χ0n) is 13.0. The van der Waals surface area contributed by atoms with Crippen molar-refractivity contribution in [1.29, 1.82) is 0 Å². The third-order valence-corrected chi connectivity index (χ3v) is 4.83. The number of para-hydroxylation sites is 3. The highest BCUT2D eigenvalue weighted by molar-refractivity contribution is 7.15. The number of thiazole rings is 1. The summed E-state index contributed by atoms with van der Waals surface area (Å²) in [6.07, 6.45) is 1.60. The van der Waals surface area contributed by atoms with Crippen LogP contribution >= 0.6 is 11.3 Å². The van der Waals surface area contributed by atoms with Crippen LogP contribution in [-0.4, -0.2) is 21.4 Å². The molecule has 0 aliphatic carbocycles. The van der Waals surface area contributed by atoms with Crippen LogP contribution in [0.25, 0.3) is 22.1 Å². The van der Waals surface area contributed by atoms with Crippen LogP contribution in [0.1, 0.15) is 5.56 Å². The topological polar surface area (TPSA) is 86.7 Å². The molecule has 7 nitrogen and oxygen atoms in total. The van der Waals surface area contributed by atoms with Crippen LogP contribution in [0, 0.1) is 10.1 Å². The predicted octanol–water partition coefficient (Wildman–Crippen LogP) is 2.37. The summed E-state index contributed by atoms with van der Waals surface area (Å²) in [5, 5.41) is 11.1. The number of rotatable bonds is 3. The molecule has 0 fully saturated rings. The molecule has 124 valence electrons. The summed E-state index contributed by atoms with van der Waals surface area (Å²) >= 11 is 1.24. The summed E-state index contributed by atoms with van der Waals surface area (Å²) < 4.78 is 7.17. The number of nitro benzene ring substituents is 1. The number of methoxy groups -OCH3 is 1. The Morgan fingerprint density at radius 1 is 1.24 bits per heavy atom. The second kappa shape index (κ2) is 5.67. The van der Waals surface area contributed by atoms with Crippen molar-refractivity contribution in [2.24, 2.45) is 0 Å². The molecule has 0 aliphatic heterocycles. The maximum atomic E-state index is 12.8. The molecule has 8 heteroatoms. The lowest BCUT2D eigenvalue weighted by Crippen LogP contribution is -2.22. The van der Waals surface area contributed by atoms with Crippen molar-refractivity contribution in [2.75, 3.05) is 7.11 Å². The molecule has 0 radical (unpaired) electrons. The first kappa shape index (κ1) is 15.3. The van der Waals surface area contributed by atoms with E-state index in [4.69, 9.17) is 4.74 Å². The Bertz CT molecular complexity index is 1240. The van der Waals surface area contributed by atoms with Gasteiger partial charge < -0.3 is 4.74 Å². The standard InChI is InChI=1S/C17H11N3O4S/c1-24-15-10(5-4-8-13(15)20(22)23)9-14-16(21)19-12-7-3-2-6-11(12)18-17(19)25-14/h2-9H,1H3. The molecule has 25 heavy (non-hydrogen) atoms. The van der Waals surface area contributed by atoms with E-state index in [1.54, 1.807) is 22.6 Å². The molecule has 0 bridgehead atoms. The van der Waals surface area contributed by atoms with Gasteiger partial charge in [-0.05, 0) is 18.2 Å². The fourth-order valence-electron chi connectivity index (χ4n) is 2.78. The minimum atomic E-state index is -0.511. The fourth-order valence-corrected chi connectivity index (χ4v) is 3.75. The minimum Gasteiger partial charge on any atom is -0.490 e. The van der Waals surface area contributed by atoms with Gasteiger partial charge in [0.1, 0.15) is 0 Å². The Kier molecular flexibility index (Phi) is 3.47. The number of hydrogen-bond acceptors (Lipinski definition) is 6. The molecule has 2 aromatic carbocycles. The summed E-state index contributed by atoms with van der Waals surface area (Å²) in [4.78, 5) is 28.4. The van der Waals surface area contributed by atoms with Crippen LogP contribution in [0.3, 0.4) is 0 Å². The van der Waals surface area contributed by atoms with Gasteiger partial charge in [-0.3, -0.25) is 14.9 Å². The van der Waals surface area contributed by atoms with E-state index in [0.29, 0.717) is 15.1 Å². The van der Waals surface area contributed by atoms with E-state index in [1.807, 2.05) is 24.3 Å². The molecule has 0 atom stereocenters. The molecule has 0 spiro atoms. The number of benzene rings is 2. The minimum absolute atomic E-state index is 0.128. The Hall–Kier alpha value is -3.26. The highest BCUT2D eigenvalue weighted by Crippen LogP contribution is 2.31. The molecule has 0 saturated heterocycles. The van der Waals surface area contributed by atoms with Crippen LogP contribution < -0.4 is 14.8 Å². The lowest BCUT2D eigenvalue weighted by Gasteiger charge is -2.04. The fraction of sp³-hybridized carbons (Fsp3) is 0.0588. The van der Waals surface area contributed by atoms with Crippen molar-refractivity contribution in [3.05, 3.63) is 73.0 Å². The highest BCUT2D eigenvalue weighted by atomic mass is 32.1. The lowest BCUT2D eigenvalue weighted by atomic mass is 10.1. The van der Waals surface area contributed by atoms with E-state index in [0.717, 1.165) is 11.0 Å². The van der Waals surface area contributed by atoms with Crippen molar-refractivity contribution in [3.8, 4) is 5.75 Å². The average molecular weight is 353 g/mol. The summed E-state index contributed by atoms with van der Waals surface area (Å²) in [5.41, 5.74) is 1.62. The summed E-state index contributed by atoms with van der Waals surface area (Å²) in [6, 6.07) is 12.0. The molecule has 0 saturated carbocycles. The lowest BCUT2D eigenvalue weighted by molar-refractivity contribution is -0.385. The molecular weight excluding hydrogens is 342 g/mol. The number of nitro groups is 1. The third kappa shape index (κ3) is 2.34. The van der Waals surface area contributed by atoms with E-state index in [9.17, 15) is 14.9 Å². The summed E-state index contributed by atoms with van der Waals surface area (Å²) in [7, 11) is 1.37. The van der Waals surface area contributed by atoms with Crippen LogP contribution in [0.2, 0.25) is 0 Å². The second-order valence-electron chi connectivity index (χ2n) is 5.29. The first-order valence-electron chi connectivity index (χ1n) is 7.33. The van der Waals surface area contributed by atoms with Crippen molar-refractivity contribution in [2.45, 2.75) is 0 Å². The molecule has 4 aromatic rings. The monoisotopic (exact) mass is 353 g/mol. The Labute approximate surface area is 144 Å². The summed E-state index contributed by atoms with van der Waals surface area (Å²) in [5.74, 6) is 0.128. The van der Waals surface area contributed by atoms with Crippen LogP contribution in [0.5, 0.6) is 5.75 Å². The van der Waals surface area contributed by atoms with E-state index < -0.39 is 4.92 Å². The first-order chi connectivity index (χ1) is 12.1. The van der Waals surface area contributed by atoms with Crippen molar-refractivity contribution in [3.63, 3.8) is 0 Å². The van der Waals surface area contributed by atoms with Gasteiger partial charge in [-0.25, -0.2) is 9.38 Å². The van der Waals surface area contributed by atoms with E-state index in [-0.39, 0.29) is 17.0 Å². The van der Waals surface area contributed by atoms with Gasteiger partial charge in [0.05, 0.1) is 27.6 Å². The number of ether oxygens (including phenoxy) is 1. The highest BCUT2D eigenvalue weighted by Gasteiger charge is 2.18. The van der Waals surface area contributed by atoms with Gasteiger partial charge in [0.25, 0.3) is 5.56 Å². The van der Waals surface area contributed by atoms with Crippen LogP contribution in [-0.2, 0) is 0 Å². The Balaban J connectivity index is 1.99. The van der Waals surface area contributed by atoms with Crippen LogP contribution in [0.4, 0.5) is 5.69 Å². The van der Waals surface area contributed by atoms with E-state index >= 15 is 0 Å². The van der Waals surface area contributed by atoms with Gasteiger partial charge in [0.15, 0.2) is 4.96 Å². The van der Waals surface area contributed by atoms with E-state index in [1.165, 1.54) is 24.5 Å². The SMILES string of the molecule is COc1c(C=c2sc3nc4ccccc4n3c2=O)cccc1[N+](=O)[O-]. The molecule has 2 heterocycles. The van der Waals surface area contributed by atoms with Crippen molar-refractivity contribution >= 4 is 39.1 Å². The Morgan fingerprint density at radius 3 is 2.80 bits per heavy atom. The molecule has 0 N–H and O–H groups in total. The number of nitrogens with zero attached hydrogens (tertiary/aromatic N) is 3. The van der Waals surface area contributed by atoms with Gasteiger partial charge in [-0.15, -0.1) is 0 Å². The smallest absolute Gasteiger partial charge is 0.311 e. The number of aromatic nitrogens is 2. The molecule has 0 aliphatic rings. The second-order valence-corrected chi connectivity index (χ2v) is 6.30. The number of imidazole rings is 1. The van der Waals surface area contributed by atoms with E-state index in [2.05, 4.69) is 4.98 Å². The molecule has 0 unspecified atom stereocenters. The zero-order chi connectivity index (χ0) is 17.6. The maximum Gasteiger partial charge on any atom is 0.311 e. The summed E-state index contributed by atoms with van der Waals surface area (Å²) in [6.45, 7) is 0. The number of hydrogen-bond donors (Lipinski definition) is 0. The molecule has 4 rings (SSSR count). The van der Waals surface area contributed by atoms with Crippen LogP contribution in [0.15, 0.2) is 47.3 Å². The molecule has 0 amide bonds. The molecular formula is C17H11N3O4S. The number of fused-ring (bicyclic) bond motifs is 3. The first-order valence-corrected chi connectivity index (χ1v) is 8.15. The predicted molar refractivity (Wildman–Crippen MR) is 95.3 cm³/mol. The van der Waals surface area contributed by atoms with Gasteiger partial charge in [-0.1, -0.05) is 35.6 Å². The zero-order valence-corrected chi connectivity index (χ0v) is 13.8. The largest absolute Gasteiger partial charge is 0.490 e. The Morgan fingerprint density at radius 2 is 2.04 bits per heavy atom. The van der Waals surface area contributed by atoms with Crippen molar-refractivity contribution < 1.29 is 9.66 Å². The van der Waals surface area contributed by atoms with Crippen molar-refractivity contribution in [1.82, 2.24) is 9.38 Å². The third-order valence-electron chi connectivity index (χ3n) is 3.86.